The molecule has 0 saturated heterocycles. The fourth-order valence-corrected chi connectivity index (χ4v) is 2.07. The first-order valence-corrected chi connectivity index (χ1v) is 6.83. The van der Waals surface area contributed by atoms with Crippen LogP contribution in [0.2, 0.25) is 0 Å². The number of aliphatic hydroxyl groups excluding tert-OH is 1. The number of hydrogen-bond donors (Lipinski definition) is 2. The number of nitrogens with zero attached hydrogens (tertiary/aromatic N) is 1. The topological polar surface area (TPSA) is 56.0 Å². The van der Waals surface area contributed by atoms with E-state index in [0.717, 1.165) is 24.9 Å². The fourth-order valence-electron chi connectivity index (χ4n) is 2.07. The lowest BCUT2D eigenvalue weighted by Crippen LogP contribution is -2.31. The maximum absolute atomic E-state index is 8.91. The highest BCUT2D eigenvalue weighted by Gasteiger charge is 2.18. The molecule has 0 saturated carbocycles. The van der Waals surface area contributed by atoms with Gasteiger partial charge in [0.25, 0.3) is 0 Å². The van der Waals surface area contributed by atoms with E-state index in [4.69, 9.17) is 10.4 Å². The van der Waals surface area contributed by atoms with E-state index >= 15 is 0 Å². The molecule has 0 aliphatic carbocycles. The second-order valence-electron chi connectivity index (χ2n) is 5.83. The second kappa shape index (κ2) is 7.28. The molecule has 1 aromatic rings. The normalized spacial score (nSPS) is 13.0. The van der Waals surface area contributed by atoms with Gasteiger partial charge in [-0.1, -0.05) is 26.0 Å². The monoisotopic (exact) mass is 260 g/mol. The van der Waals surface area contributed by atoms with Gasteiger partial charge in [-0.15, -0.1) is 0 Å². The first-order valence-electron chi connectivity index (χ1n) is 6.83. The van der Waals surface area contributed by atoms with E-state index in [1.807, 2.05) is 24.3 Å². The van der Waals surface area contributed by atoms with E-state index < -0.39 is 0 Å². The molecule has 0 fully saturated rings. The average molecular weight is 260 g/mol. The molecule has 0 heterocycles. The van der Waals surface area contributed by atoms with Gasteiger partial charge in [0.2, 0.25) is 0 Å². The molecule has 0 radical (unpaired) electrons. The molecule has 0 bridgehead atoms. The number of benzene rings is 1. The molecule has 0 aromatic heterocycles. The van der Waals surface area contributed by atoms with Crippen LogP contribution in [-0.2, 0) is 0 Å². The van der Waals surface area contributed by atoms with Crippen molar-refractivity contribution in [2.75, 3.05) is 13.2 Å². The summed E-state index contributed by atoms with van der Waals surface area (Å²) in [7, 11) is 0. The Kier molecular flexibility index (Phi) is 6.01. The maximum atomic E-state index is 8.91. The van der Waals surface area contributed by atoms with Gasteiger partial charge in [0.1, 0.15) is 0 Å². The molecule has 19 heavy (non-hydrogen) atoms. The van der Waals surface area contributed by atoms with E-state index in [0.29, 0.717) is 5.56 Å². The van der Waals surface area contributed by atoms with Crippen LogP contribution in [0.3, 0.4) is 0 Å². The molecular formula is C16H24N2O. The summed E-state index contributed by atoms with van der Waals surface area (Å²) in [6.07, 6.45) is 1.84. The van der Waals surface area contributed by atoms with Crippen LogP contribution < -0.4 is 5.32 Å². The number of aliphatic hydroxyl groups is 1. The van der Waals surface area contributed by atoms with Crippen molar-refractivity contribution in [1.82, 2.24) is 5.32 Å². The van der Waals surface area contributed by atoms with E-state index in [1.165, 1.54) is 0 Å². The van der Waals surface area contributed by atoms with Crippen LogP contribution in [0.5, 0.6) is 0 Å². The summed E-state index contributed by atoms with van der Waals surface area (Å²) >= 11 is 0. The minimum Gasteiger partial charge on any atom is -0.396 e. The van der Waals surface area contributed by atoms with E-state index in [1.54, 1.807) is 0 Å². The van der Waals surface area contributed by atoms with Gasteiger partial charge in [0.05, 0.1) is 11.6 Å². The zero-order valence-corrected chi connectivity index (χ0v) is 12.1. The van der Waals surface area contributed by atoms with Crippen molar-refractivity contribution in [2.45, 2.75) is 39.7 Å². The number of rotatable bonds is 7. The van der Waals surface area contributed by atoms with Gasteiger partial charge in [-0.2, -0.15) is 5.26 Å². The molecule has 0 amide bonds. The molecule has 3 heteroatoms. The maximum Gasteiger partial charge on any atom is 0.0991 e. The molecule has 104 valence electrons. The first-order chi connectivity index (χ1) is 8.98. The predicted molar refractivity (Wildman–Crippen MR) is 77.7 cm³/mol. The number of nitriles is 1. The van der Waals surface area contributed by atoms with Crippen molar-refractivity contribution in [3.63, 3.8) is 0 Å². The number of nitrogens with one attached hydrogen (secondary N) is 1. The van der Waals surface area contributed by atoms with Crippen molar-refractivity contribution in [3.8, 4) is 6.07 Å². The average Bonchev–Trinajstić information content (AvgIpc) is 2.43. The molecule has 0 aliphatic rings. The molecule has 0 spiro atoms. The van der Waals surface area contributed by atoms with Crippen molar-refractivity contribution >= 4 is 0 Å². The summed E-state index contributed by atoms with van der Waals surface area (Å²) in [4.78, 5) is 0. The summed E-state index contributed by atoms with van der Waals surface area (Å²) in [5.41, 5.74) is 2.01. The van der Waals surface area contributed by atoms with Crippen LogP contribution >= 0.6 is 0 Å². The third kappa shape index (κ3) is 5.42. The highest BCUT2D eigenvalue weighted by atomic mass is 16.2. The summed E-state index contributed by atoms with van der Waals surface area (Å²) in [5.74, 6) is 0. The molecule has 0 aliphatic heterocycles. The Bertz CT molecular complexity index is 435. The van der Waals surface area contributed by atoms with Crippen LogP contribution in [0.15, 0.2) is 24.3 Å². The van der Waals surface area contributed by atoms with Crippen molar-refractivity contribution < 1.29 is 5.11 Å². The van der Waals surface area contributed by atoms with Gasteiger partial charge in [-0.25, -0.2) is 0 Å². The van der Waals surface area contributed by atoms with Crippen molar-refractivity contribution in [2.24, 2.45) is 5.41 Å². The molecule has 1 atom stereocenters. The molecule has 2 N–H and O–H groups in total. The van der Waals surface area contributed by atoms with Gasteiger partial charge in [0, 0.05) is 19.2 Å². The highest BCUT2D eigenvalue weighted by molar-refractivity contribution is 5.34. The summed E-state index contributed by atoms with van der Waals surface area (Å²) < 4.78 is 0. The summed E-state index contributed by atoms with van der Waals surface area (Å²) in [6, 6.07) is 10.1. The van der Waals surface area contributed by atoms with E-state index in [2.05, 4.69) is 32.2 Å². The standard InChI is InChI=1S/C16H24N2O/c1-13(15-7-4-6-14(10-15)11-17)18-12-16(2,3)8-5-9-19/h4,6-7,10,13,18-19H,5,8-9,12H2,1-3H3. The van der Waals surface area contributed by atoms with Crippen molar-refractivity contribution in [1.29, 1.82) is 5.26 Å². The molecule has 1 aromatic carbocycles. The van der Waals surface area contributed by atoms with Gasteiger partial charge in [0.15, 0.2) is 0 Å². The zero-order chi connectivity index (χ0) is 14.3. The molecule has 1 rings (SSSR count). The van der Waals surface area contributed by atoms with Crippen molar-refractivity contribution in [3.05, 3.63) is 35.4 Å². The van der Waals surface area contributed by atoms with Crippen LogP contribution in [0.4, 0.5) is 0 Å². The molecule has 1 unspecified atom stereocenters. The zero-order valence-electron chi connectivity index (χ0n) is 12.1. The Morgan fingerprint density at radius 1 is 1.42 bits per heavy atom. The fraction of sp³-hybridized carbons (Fsp3) is 0.562. The highest BCUT2D eigenvalue weighted by Crippen LogP contribution is 2.23. The van der Waals surface area contributed by atoms with Crippen LogP contribution in [-0.4, -0.2) is 18.3 Å². The lowest BCUT2D eigenvalue weighted by molar-refractivity contribution is 0.233. The lowest BCUT2D eigenvalue weighted by Gasteiger charge is -2.27. The smallest absolute Gasteiger partial charge is 0.0991 e. The minimum atomic E-state index is 0.170. The Labute approximate surface area is 116 Å². The second-order valence-corrected chi connectivity index (χ2v) is 5.83. The third-order valence-electron chi connectivity index (χ3n) is 3.41. The summed E-state index contributed by atoms with van der Waals surface area (Å²) in [6.45, 7) is 7.66. The lowest BCUT2D eigenvalue weighted by atomic mass is 9.87. The quantitative estimate of drug-likeness (QED) is 0.792. The van der Waals surface area contributed by atoms with E-state index in [-0.39, 0.29) is 18.1 Å². The molecule has 3 nitrogen and oxygen atoms in total. The Morgan fingerprint density at radius 2 is 2.16 bits per heavy atom. The van der Waals surface area contributed by atoms with Crippen LogP contribution in [0.1, 0.15) is 50.8 Å². The van der Waals surface area contributed by atoms with Crippen LogP contribution in [0, 0.1) is 16.7 Å². The SMILES string of the molecule is CC(NCC(C)(C)CCCO)c1cccc(C#N)c1. The van der Waals surface area contributed by atoms with E-state index in [9.17, 15) is 0 Å². The third-order valence-corrected chi connectivity index (χ3v) is 3.41. The van der Waals surface area contributed by atoms with Crippen LogP contribution in [0.25, 0.3) is 0 Å². The Morgan fingerprint density at radius 3 is 2.79 bits per heavy atom. The first kappa shape index (κ1) is 15.7. The van der Waals surface area contributed by atoms with Gasteiger partial charge in [-0.05, 0) is 42.9 Å². The van der Waals surface area contributed by atoms with Gasteiger partial charge < -0.3 is 10.4 Å². The van der Waals surface area contributed by atoms with Gasteiger partial charge in [-0.3, -0.25) is 0 Å². The van der Waals surface area contributed by atoms with Gasteiger partial charge >= 0.3 is 0 Å². The number of hydrogen-bond acceptors (Lipinski definition) is 3. The Balaban J connectivity index is 2.55. The minimum absolute atomic E-state index is 0.170. The summed E-state index contributed by atoms with van der Waals surface area (Å²) in [5, 5.41) is 21.3. The molecular weight excluding hydrogens is 236 g/mol. The predicted octanol–water partition coefficient (Wildman–Crippen LogP) is 3.01. The Hall–Kier alpha value is -1.37. The largest absolute Gasteiger partial charge is 0.396 e.